The second-order valence-corrected chi connectivity index (χ2v) is 8.52. The van der Waals surface area contributed by atoms with E-state index >= 15 is 0 Å². The van der Waals surface area contributed by atoms with Crippen molar-refractivity contribution in [3.05, 3.63) is 52.2 Å². The van der Waals surface area contributed by atoms with Crippen molar-refractivity contribution in [2.45, 2.75) is 18.7 Å². The summed E-state index contributed by atoms with van der Waals surface area (Å²) in [6, 6.07) is 9.32. The third kappa shape index (κ3) is 5.72. The Morgan fingerprint density at radius 3 is 2.39 bits per heavy atom. The van der Waals surface area contributed by atoms with Gasteiger partial charge in [-0.05, 0) is 35.7 Å². The molecule has 2 rings (SSSR count). The van der Waals surface area contributed by atoms with Gasteiger partial charge in [-0.3, -0.25) is 9.59 Å². The zero-order valence-corrected chi connectivity index (χ0v) is 17.2. The molecule has 8 nitrogen and oxygen atoms in total. The SMILES string of the molecule is CCN(CC)S(=O)(=O)c1ccc(C(=O)NCC(=O)N/N=C/c2cccs2)cc1. The second-order valence-electron chi connectivity index (χ2n) is 5.60. The van der Waals surface area contributed by atoms with Crippen LogP contribution in [-0.4, -0.2) is 50.4 Å². The van der Waals surface area contributed by atoms with Gasteiger partial charge in [-0.2, -0.15) is 9.41 Å². The largest absolute Gasteiger partial charge is 0.343 e. The number of amides is 2. The average molecular weight is 423 g/mol. The molecule has 28 heavy (non-hydrogen) atoms. The number of hydrazone groups is 1. The summed E-state index contributed by atoms with van der Waals surface area (Å²) in [7, 11) is -3.58. The molecular formula is C18H22N4O4S2. The average Bonchev–Trinajstić information content (AvgIpc) is 3.20. The van der Waals surface area contributed by atoms with Crippen molar-refractivity contribution >= 4 is 39.4 Å². The molecular weight excluding hydrogens is 400 g/mol. The van der Waals surface area contributed by atoms with Crippen LogP contribution in [0.25, 0.3) is 0 Å². The molecule has 2 amide bonds. The van der Waals surface area contributed by atoms with E-state index in [1.54, 1.807) is 13.8 Å². The fourth-order valence-electron chi connectivity index (χ4n) is 2.33. The number of nitrogens with zero attached hydrogens (tertiary/aromatic N) is 2. The van der Waals surface area contributed by atoms with Gasteiger partial charge in [0.25, 0.3) is 11.8 Å². The summed E-state index contributed by atoms with van der Waals surface area (Å²) in [6.45, 7) is 4.01. The van der Waals surface area contributed by atoms with Gasteiger partial charge in [-0.1, -0.05) is 19.9 Å². The zero-order chi connectivity index (χ0) is 20.6. The van der Waals surface area contributed by atoms with Gasteiger partial charge < -0.3 is 5.32 Å². The van der Waals surface area contributed by atoms with Gasteiger partial charge in [0.15, 0.2) is 0 Å². The fourth-order valence-corrected chi connectivity index (χ4v) is 4.37. The smallest absolute Gasteiger partial charge is 0.259 e. The Morgan fingerprint density at radius 2 is 1.82 bits per heavy atom. The topological polar surface area (TPSA) is 108 Å². The standard InChI is InChI=1S/C18H22N4O4S2/c1-3-22(4-2)28(25,26)16-9-7-14(8-10-16)18(24)19-13-17(23)21-20-12-15-6-5-11-27-15/h5-12H,3-4,13H2,1-2H3,(H,19,24)(H,21,23)/b20-12+. The molecule has 0 radical (unpaired) electrons. The van der Waals surface area contributed by atoms with Crippen molar-refractivity contribution < 1.29 is 18.0 Å². The van der Waals surface area contributed by atoms with Crippen molar-refractivity contribution in [2.24, 2.45) is 5.10 Å². The zero-order valence-electron chi connectivity index (χ0n) is 15.6. The lowest BCUT2D eigenvalue weighted by atomic mass is 10.2. The lowest BCUT2D eigenvalue weighted by Gasteiger charge is -2.18. The Morgan fingerprint density at radius 1 is 1.14 bits per heavy atom. The number of carbonyl (C=O) groups is 2. The van der Waals surface area contributed by atoms with Gasteiger partial charge in [-0.25, -0.2) is 13.8 Å². The summed E-state index contributed by atoms with van der Waals surface area (Å²) in [6.07, 6.45) is 1.51. The molecule has 1 heterocycles. The van der Waals surface area contributed by atoms with Gasteiger partial charge in [0.1, 0.15) is 0 Å². The van der Waals surface area contributed by atoms with Crippen LogP contribution in [0.3, 0.4) is 0 Å². The Labute approximate surface area is 168 Å². The predicted octanol–water partition coefficient (Wildman–Crippen LogP) is 1.66. The highest BCUT2D eigenvalue weighted by Crippen LogP contribution is 2.16. The number of hydrogen-bond acceptors (Lipinski definition) is 6. The Bertz CT molecular complexity index is 919. The highest BCUT2D eigenvalue weighted by atomic mass is 32.2. The first-order chi connectivity index (χ1) is 13.4. The van der Waals surface area contributed by atoms with Crippen LogP contribution < -0.4 is 10.7 Å². The van der Waals surface area contributed by atoms with E-state index in [9.17, 15) is 18.0 Å². The van der Waals surface area contributed by atoms with Crippen LogP contribution in [0.1, 0.15) is 29.1 Å². The van der Waals surface area contributed by atoms with Crippen molar-refractivity contribution in [2.75, 3.05) is 19.6 Å². The van der Waals surface area contributed by atoms with Crippen molar-refractivity contribution in [1.29, 1.82) is 0 Å². The Kier molecular flexibility index (Phi) is 7.85. The molecule has 0 saturated heterocycles. The Balaban J connectivity index is 1.89. The first kappa shape index (κ1) is 21.7. The van der Waals surface area contributed by atoms with Crippen LogP contribution in [0.2, 0.25) is 0 Å². The van der Waals surface area contributed by atoms with Crippen LogP contribution in [-0.2, 0) is 14.8 Å². The van der Waals surface area contributed by atoms with E-state index in [0.717, 1.165) is 4.88 Å². The minimum Gasteiger partial charge on any atom is -0.343 e. The van der Waals surface area contributed by atoms with Gasteiger partial charge >= 0.3 is 0 Å². The molecule has 0 unspecified atom stereocenters. The minimum absolute atomic E-state index is 0.119. The van der Waals surface area contributed by atoms with Crippen LogP contribution in [0, 0.1) is 0 Å². The summed E-state index contributed by atoms with van der Waals surface area (Å²) in [5, 5.41) is 8.15. The van der Waals surface area contributed by atoms with Gasteiger partial charge in [0.05, 0.1) is 17.7 Å². The maximum Gasteiger partial charge on any atom is 0.259 e. The monoisotopic (exact) mass is 422 g/mol. The van der Waals surface area contributed by atoms with E-state index in [0.29, 0.717) is 13.1 Å². The quantitative estimate of drug-likeness (QED) is 0.473. The summed E-state index contributed by atoms with van der Waals surface area (Å²) in [4.78, 5) is 24.9. The number of rotatable bonds is 9. The van der Waals surface area contributed by atoms with E-state index in [1.807, 2.05) is 17.5 Å². The normalized spacial score (nSPS) is 11.7. The van der Waals surface area contributed by atoms with Crippen molar-refractivity contribution in [3.63, 3.8) is 0 Å². The van der Waals surface area contributed by atoms with Crippen LogP contribution in [0.4, 0.5) is 0 Å². The van der Waals surface area contributed by atoms with Gasteiger partial charge in [-0.15, -0.1) is 11.3 Å². The minimum atomic E-state index is -3.58. The van der Waals surface area contributed by atoms with E-state index in [-0.39, 0.29) is 17.0 Å². The molecule has 0 aliphatic heterocycles. The van der Waals surface area contributed by atoms with Gasteiger partial charge in [0, 0.05) is 23.5 Å². The molecule has 10 heteroatoms. The second kappa shape index (κ2) is 10.1. The maximum atomic E-state index is 12.4. The highest BCUT2D eigenvalue weighted by Gasteiger charge is 2.21. The lowest BCUT2D eigenvalue weighted by Crippen LogP contribution is -2.35. The molecule has 0 bridgehead atoms. The molecule has 1 aromatic heterocycles. The number of carbonyl (C=O) groups excluding carboxylic acids is 2. The predicted molar refractivity (Wildman–Crippen MR) is 109 cm³/mol. The molecule has 0 aliphatic rings. The molecule has 0 spiro atoms. The number of sulfonamides is 1. The first-order valence-electron chi connectivity index (χ1n) is 8.62. The van der Waals surface area contributed by atoms with Crippen LogP contribution in [0.15, 0.2) is 51.8 Å². The molecule has 150 valence electrons. The maximum absolute atomic E-state index is 12.4. The Hall–Kier alpha value is -2.56. The highest BCUT2D eigenvalue weighted by molar-refractivity contribution is 7.89. The molecule has 1 aromatic carbocycles. The van der Waals surface area contributed by atoms with Crippen LogP contribution >= 0.6 is 11.3 Å². The summed E-state index contributed by atoms with van der Waals surface area (Å²) in [5.74, 6) is -0.953. The number of nitrogens with one attached hydrogen (secondary N) is 2. The third-order valence-electron chi connectivity index (χ3n) is 3.79. The molecule has 2 N–H and O–H groups in total. The lowest BCUT2D eigenvalue weighted by molar-refractivity contribution is -0.120. The fraction of sp³-hybridized carbons (Fsp3) is 0.278. The summed E-state index contributed by atoms with van der Waals surface area (Å²) in [5.41, 5.74) is 2.58. The first-order valence-corrected chi connectivity index (χ1v) is 10.9. The number of thiophene rings is 1. The molecule has 0 saturated carbocycles. The molecule has 0 atom stereocenters. The summed E-state index contributed by atoms with van der Waals surface area (Å²) >= 11 is 1.48. The molecule has 0 fully saturated rings. The van der Waals surface area contributed by atoms with Crippen molar-refractivity contribution in [3.8, 4) is 0 Å². The van der Waals surface area contributed by atoms with Crippen molar-refractivity contribution in [1.82, 2.24) is 15.0 Å². The van der Waals surface area contributed by atoms with Gasteiger partial charge in [0.2, 0.25) is 10.0 Å². The summed E-state index contributed by atoms with van der Waals surface area (Å²) < 4.78 is 26.2. The van der Waals surface area contributed by atoms with Crippen LogP contribution in [0.5, 0.6) is 0 Å². The van der Waals surface area contributed by atoms with E-state index in [2.05, 4.69) is 15.8 Å². The molecule has 2 aromatic rings. The van der Waals surface area contributed by atoms with E-state index < -0.39 is 21.8 Å². The number of benzene rings is 1. The van der Waals surface area contributed by atoms with E-state index in [4.69, 9.17) is 0 Å². The molecule has 0 aliphatic carbocycles. The number of hydrogen-bond donors (Lipinski definition) is 2. The van der Waals surface area contributed by atoms with E-state index in [1.165, 1.54) is 46.1 Å². The third-order valence-corrected chi connectivity index (χ3v) is 6.66.